The molecule has 4 nitrogen and oxygen atoms in total. The molecule has 2 aliphatic rings. The molecule has 2 fully saturated rings. The highest BCUT2D eigenvalue weighted by atomic mass is 16.4. The molecule has 1 aliphatic carbocycles. The quantitative estimate of drug-likeness (QED) is 0.824. The number of carbonyl (C=O) groups excluding carboxylic acids is 1. The second-order valence-electron chi connectivity index (χ2n) is 7.61. The molecule has 0 bridgehead atoms. The second kappa shape index (κ2) is 7.10. The third-order valence-corrected chi connectivity index (χ3v) is 5.86. The van der Waals surface area contributed by atoms with Crippen molar-refractivity contribution in [2.45, 2.75) is 51.5 Å². The number of hydrogen-bond donors (Lipinski definition) is 0. The Bertz CT molecular complexity index is 855. The summed E-state index contributed by atoms with van der Waals surface area (Å²) in [7, 11) is 0. The van der Waals surface area contributed by atoms with E-state index in [0.29, 0.717) is 24.1 Å². The largest absolute Gasteiger partial charge is 0.427 e. The van der Waals surface area contributed by atoms with Crippen LogP contribution < -0.4 is 5.63 Å². The predicted molar refractivity (Wildman–Crippen MR) is 100 cm³/mol. The van der Waals surface area contributed by atoms with Gasteiger partial charge in [0.05, 0.1) is 0 Å². The van der Waals surface area contributed by atoms with Crippen molar-refractivity contribution in [3.05, 3.63) is 69.3 Å². The number of benzene rings is 1. The van der Waals surface area contributed by atoms with Crippen LogP contribution in [-0.2, 0) is 12.8 Å². The maximum absolute atomic E-state index is 12.8. The van der Waals surface area contributed by atoms with Crippen LogP contribution in [-0.4, -0.2) is 23.4 Å². The molecule has 136 valence electrons. The van der Waals surface area contributed by atoms with Gasteiger partial charge in [0.1, 0.15) is 11.3 Å². The molecule has 0 spiro atoms. The molecule has 0 unspecified atom stereocenters. The first kappa shape index (κ1) is 17.1. The summed E-state index contributed by atoms with van der Waals surface area (Å²) in [5.41, 5.74) is 1.76. The second-order valence-corrected chi connectivity index (χ2v) is 7.61. The van der Waals surface area contributed by atoms with Gasteiger partial charge in [-0.25, -0.2) is 4.79 Å². The Kier molecular flexibility index (Phi) is 4.66. The summed E-state index contributed by atoms with van der Waals surface area (Å²) >= 11 is 0. The zero-order chi connectivity index (χ0) is 18.1. The Labute approximate surface area is 153 Å². The highest BCUT2D eigenvalue weighted by Gasteiger charge is 2.45. The summed E-state index contributed by atoms with van der Waals surface area (Å²) < 4.78 is 5.48. The third kappa shape index (κ3) is 3.20. The number of fused-ring (bicyclic) bond motifs is 1. The first-order valence-electron chi connectivity index (χ1n) is 9.62. The molecule has 4 heteroatoms. The lowest BCUT2D eigenvalue weighted by atomic mass is 9.90. The Hall–Kier alpha value is -2.36. The smallest absolute Gasteiger partial charge is 0.349 e. The van der Waals surface area contributed by atoms with Gasteiger partial charge in [0, 0.05) is 19.0 Å². The Balaban J connectivity index is 1.43. The number of hydrogen-bond acceptors (Lipinski definition) is 3. The number of carbonyl (C=O) groups is 1. The van der Waals surface area contributed by atoms with Crippen LogP contribution >= 0.6 is 0 Å². The van der Waals surface area contributed by atoms with Gasteiger partial charge in [-0.1, -0.05) is 36.8 Å². The molecular weight excluding hydrogens is 326 g/mol. The van der Waals surface area contributed by atoms with Gasteiger partial charge < -0.3 is 9.32 Å². The van der Waals surface area contributed by atoms with Crippen LogP contribution in [0, 0.1) is 12.8 Å². The summed E-state index contributed by atoms with van der Waals surface area (Å²) in [6.07, 6.45) is 6.03. The lowest BCUT2D eigenvalue weighted by molar-refractivity contribution is 0.0264. The van der Waals surface area contributed by atoms with Gasteiger partial charge >= 0.3 is 5.63 Å². The molecule has 0 radical (unpaired) electrons. The Morgan fingerprint density at radius 3 is 2.73 bits per heavy atom. The van der Waals surface area contributed by atoms with E-state index >= 15 is 0 Å². The van der Waals surface area contributed by atoms with Gasteiger partial charge in [-0.3, -0.25) is 4.79 Å². The van der Waals surface area contributed by atoms with Crippen molar-refractivity contribution in [2.24, 2.45) is 5.92 Å². The molecule has 2 heterocycles. The summed E-state index contributed by atoms with van der Waals surface area (Å²) in [4.78, 5) is 27.1. The fraction of sp³-hybridized carbons (Fsp3) is 0.455. The van der Waals surface area contributed by atoms with Crippen LogP contribution in [0.25, 0.3) is 0 Å². The van der Waals surface area contributed by atoms with E-state index in [1.54, 1.807) is 0 Å². The molecule has 1 aliphatic heterocycles. The van der Waals surface area contributed by atoms with E-state index in [2.05, 4.69) is 12.1 Å². The van der Waals surface area contributed by atoms with E-state index in [0.717, 1.165) is 31.4 Å². The molecule has 1 aromatic heterocycles. The summed E-state index contributed by atoms with van der Waals surface area (Å²) in [5, 5.41) is 0. The lowest BCUT2D eigenvalue weighted by Crippen LogP contribution is -2.56. The van der Waals surface area contributed by atoms with Gasteiger partial charge in [-0.2, -0.15) is 0 Å². The number of aryl methyl sites for hydroxylation is 3. The number of rotatable bonds is 5. The standard InChI is InChI=1S/C22H25NO3/c1-15-13-18(11-5-9-16-7-3-2-4-8-16)26-22(25)20(15)21(24)23-14-17-10-6-12-19(17)23/h2-4,7-8,13,17,19H,5-6,9-12,14H2,1H3/t17-,19-/m0/s1. The highest BCUT2D eigenvalue weighted by molar-refractivity contribution is 5.96. The van der Waals surface area contributed by atoms with E-state index in [4.69, 9.17) is 4.42 Å². The number of amides is 1. The molecular formula is C22H25NO3. The molecule has 1 saturated carbocycles. The van der Waals surface area contributed by atoms with Crippen LogP contribution in [0.2, 0.25) is 0 Å². The zero-order valence-electron chi connectivity index (χ0n) is 15.2. The summed E-state index contributed by atoms with van der Waals surface area (Å²) in [5.74, 6) is 1.17. The van der Waals surface area contributed by atoms with Crippen LogP contribution in [0.5, 0.6) is 0 Å². The van der Waals surface area contributed by atoms with Crippen molar-refractivity contribution in [1.29, 1.82) is 0 Å². The molecule has 1 aromatic carbocycles. The maximum Gasteiger partial charge on any atom is 0.349 e. The molecule has 2 atom stereocenters. The van der Waals surface area contributed by atoms with E-state index in [9.17, 15) is 9.59 Å². The van der Waals surface area contributed by atoms with Crippen LogP contribution in [0.1, 0.15) is 52.9 Å². The Morgan fingerprint density at radius 2 is 2.00 bits per heavy atom. The topological polar surface area (TPSA) is 50.5 Å². The minimum atomic E-state index is -0.480. The van der Waals surface area contributed by atoms with Gasteiger partial charge in [0.15, 0.2) is 0 Å². The highest BCUT2D eigenvalue weighted by Crippen LogP contribution is 2.39. The van der Waals surface area contributed by atoms with Crippen molar-refractivity contribution >= 4 is 5.91 Å². The molecule has 1 saturated heterocycles. The lowest BCUT2D eigenvalue weighted by Gasteiger charge is -2.44. The summed E-state index contributed by atoms with van der Waals surface area (Å²) in [6, 6.07) is 12.5. The van der Waals surface area contributed by atoms with Crippen molar-refractivity contribution in [3.8, 4) is 0 Å². The Morgan fingerprint density at radius 1 is 1.19 bits per heavy atom. The van der Waals surface area contributed by atoms with Crippen molar-refractivity contribution < 1.29 is 9.21 Å². The minimum Gasteiger partial charge on any atom is -0.427 e. The van der Waals surface area contributed by atoms with Crippen LogP contribution in [0.15, 0.2) is 45.6 Å². The molecule has 0 N–H and O–H groups in total. The fourth-order valence-electron chi connectivity index (χ4n) is 4.43. The van der Waals surface area contributed by atoms with Gasteiger partial charge in [-0.05, 0) is 55.7 Å². The van der Waals surface area contributed by atoms with E-state index in [-0.39, 0.29) is 11.5 Å². The average Bonchev–Trinajstić information content (AvgIpc) is 2.96. The number of likely N-dealkylation sites (tertiary alicyclic amines) is 1. The molecule has 4 rings (SSSR count). The van der Waals surface area contributed by atoms with E-state index < -0.39 is 5.63 Å². The normalized spacial score (nSPS) is 21.3. The SMILES string of the molecule is Cc1cc(CCCc2ccccc2)oc(=O)c1C(=O)N1C[C@@H]2CCC[C@@H]21. The van der Waals surface area contributed by atoms with Crippen molar-refractivity contribution in [2.75, 3.05) is 6.54 Å². The maximum atomic E-state index is 12.8. The zero-order valence-corrected chi connectivity index (χ0v) is 15.2. The summed E-state index contributed by atoms with van der Waals surface area (Å²) in [6.45, 7) is 2.64. The van der Waals surface area contributed by atoms with Gasteiger partial charge in [0.25, 0.3) is 5.91 Å². The fourth-order valence-corrected chi connectivity index (χ4v) is 4.43. The molecule has 1 amide bonds. The predicted octanol–water partition coefficient (Wildman–Crippen LogP) is 3.75. The average molecular weight is 351 g/mol. The van der Waals surface area contributed by atoms with Crippen LogP contribution in [0.4, 0.5) is 0 Å². The number of nitrogens with zero attached hydrogens (tertiary/aromatic N) is 1. The van der Waals surface area contributed by atoms with Gasteiger partial charge in [0.2, 0.25) is 0 Å². The van der Waals surface area contributed by atoms with Crippen LogP contribution in [0.3, 0.4) is 0 Å². The molecule has 26 heavy (non-hydrogen) atoms. The van der Waals surface area contributed by atoms with Gasteiger partial charge in [-0.15, -0.1) is 0 Å². The molecule has 2 aromatic rings. The third-order valence-electron chi connectivity index (χ3n) is 5.86. The van der Waals surface area contributed by atoms with E-state index in [1.165, 1.54) is 18.4 Å². The minimum absolute atomic E-state index is 0.143. The van der Waals surface area contributed by atoms with Crippen molar-refractivity contribution in [3.63, 3.8) is 0 Å². The first-order chi connectivity index (χ1) is 12.6. The van der Waals surface area contributed by atoms with E-state index in [1.807, 2.05) is 36.1 Å². The first-order valence-corrected chi connectivity index (χ1v) is 9.62. The van der Waals surface area contributed by atoms with Crippen molar-refractivity contribution in [1.82, 2.24) is 4.90 Å². The monoisotopic (exact) mass is 351 g/mol.